The second kappa shape index (κ2) is 11.5. The van der Waals surface area contributed by atoms with Crippen molar-refractivity contribution in [1.29, 1.82) is 0 Å². The van der Waals surface area contributed by atoms with Crippen molar-refractivity contribution in [1.82, 2.24) is 30.2 Å². The average Bonchev–Trinajstić information content (AvgIpc) is 3.48. The molecule has 0 aromatic carbocycles. The fraction of sp³-hybridized carbons (Fsp3) is 0.571. The molecule has 3 aliphatic rings. The van der Waals surface area contributed by atoms with E-state index in [0.29, 0.717) is 38.7 Å². The van der Waals surface area contributed by atoms with E-state index in [1.165, 1.54) is 0 Å². The molecule has 9 nitrogen and oxygen atoms in total. The Kier molecular flexibility index (Phi) is 8.13. The van der Waals surface area contributed by atoms with Gasteiger partial charge in [0.15, 0.2) is 0 Å². The highest BCUT2D eigenvalue weighted by molar-refractivity contribution is 6.32. The summed E-state index contributed by atoms with van der Waals surface area (Å²) in [5, 5.41) is 2.26. The van der Waals surface area contributed by atoms with Gasteiger partial charge in [0.1, 0.15) is 46.9 Å². The average molecular weight is 663 g/mol. The van der Waals surface area contributed by atoms with Gasteiger partial charge in [-0.05, 0) is 31.9 Å². The molecule has 3 aromatic heterocycles. The fourth-order valence-corrected chi connectivity index (χ4v) is 7.03. The van der Waals surface area contributed by atoms with Crippen LogP contribution in [0.1, 0.15) is 43.7 Å². The molecule has 3 aromatic rings. The van der Waals surface area contributed by atoms with Crippen LogP contribution in [0.15, 0.2) is 12.3 Å². The van der Waals surface area contributed by atoms with E-state index in [1.54, 1.807) is 4.90 Å². The number of alkyl halides is 7. The van der Waals surface area contributed by atoms with Gasteiger partial charge in [-0.15, -0.1) is 0 Å². The summed E-state index contributed by atoms with van der Waals surface area (Å²) in [5.41, 5.74) is -1.24. The number of ether oxygens (including phenoxy) is 1. The minimum absolute atomic E-state index is 0.00124. The zero-order chi connectivity index (χ0) is 32.3. The highest BCUT2D eigenvalue weighted by Gasteiger charge is 2.50. The standard InChI is InChI=1S/C28H30ClF7N8O/c1-2-15-12-43(7-5-38-15)24-16-10-39-22(23-19(27(31,32)33)17(29)8-18(37)40-23)20(28(34,35)36)21(16)41-25(42-24)45-13-26-4-3-6-44(26)11-14(30)9-26/h8,10,14-15,38H,2-7,9,11-13H2,1H3,(H2,37,40)/t14-,15?,26+/m1/s1. The Bertz CT molecular complexity index is 1610. The SMILES string of the molecule is CCC1CN(c2nc(OC[C@@]34CCCN3C[C@H](F)C4)nc3c(C(F)(F)F)c(-c4nc(N)cc(Cl)c4C(F)(F)F)ncc23)CCN1. The van der Waals surface area contributed by atoms with Gasteiger partial charge < -0.3 is 20.7 Å². The number of halogens is 8. The maximum atomic E-state index is 15.0. The van der Waals surface area contributed by atoms with E-state index >= 15 is 0 Å². The van der Waals surface area contributed by atoms with E-state index in [0.717, 1.165) is 19.0 Å². The normalized spacial score (nSPS) is 24.4. The van der Waals surface area contributed by atoms with Gasteiger partial charge in [-0.2, -0.15) is 36.3 Å². The number of nitrogen functional groups attached to an aromatic ring is 1. The van der Waals surface area contributed by atoms with Crippen molar-refractivity contribution >= 4 is 34.1 Å². The van der Waals surface area contributed by atoms with Crippen molar-refractivity contribution in [2.75, 3.05) is 50.0 Å². The Labute approximate surface area is 258 Å². The molecule has 6 rings (SSSR count). The molecule has 6 heterocycles. The predicted molar refractivity (Wildman–Crippen MR) is 153 cm³/mol. The van der Waals surface area contributed by atoms with Crippen LogP contribution in [0.25, 0.3) is 22.3 Å². The summed E-state index contributed by atoms with van der Waals surface area (Å²) in [6.45, 7) is 4.05. The lowest BCUT2D eigenvalue weighted by Gasteiger charge is -2.35. The topological polar surface area (TPSA) is 105 Å². The molecule has 0 bridgehead atoms. The van der Waals surface area contributed by atoms with Gasteiger partial charge in [0.2, 0.25) is 0 Å². The second-order valence-electron chi connectivity index (χ2n) is 11.7. The first-order valence-corrected chi connectivity index (χ1v) is 14.9. The lowest BCUT2D eigenvalue weighted by Crippen LogP contribution is -2.50. The number of nitrogens with zero attached hydrogens (tertiary/aromatic N) is 6. The van der Waals surface area contributed by atoms with Crippen LogP contribution in [0, 0.1) is 0 Å². The van der Waals surface area contributed by atoms with E-state index in [-0.39, 0.29) is 36.8 Å². The predicted octanol–water partition coefficient (Wildman–Crippen LogP) is 5.50. The molecule has 45 heavy (non-hydrogen) atoms. The minimum atomic E-state index is -5.25. The summed E-state index contributed by atoms with van der Waals surface area (Å²) in [7, 11) is 0. The summed E-state index contributed by atoms with van der Waals surface area (Å²) < 4.78 is 108. The molecule has 0 amide bonds. The van der Waals surface area contributed by atoms with E-state index < -0.39 is 68.9 Å². The number of nitrogens with one attached hydrogen (secondary N) is 1. The van der Waals surface area contributed by atoms with Crippen molar-refractivity contribution < 1.29 is 35.5 Å². The maximum absolute atomic E-state index is 15.0. The monoisotopic (exact) mass is 662 g/mol. The number of hydrogen-bond donors (Lipinski definition) is 2. The summed E-state index contributed by atoms with van der Waals surface area (Å²) in [5.74, 6) is -0.440. The number of nitrogens with two attached hydrogens (primary N) is 1. The van der Waals surface area contributed by atoms with E-state index in [9.17, 15) is 30.7 Å². The molecular weight excluding hydrogens is 633 g/mol. The lowest BCUT2D eigenvalue weighted by molar-refractivity contribution is -0.139. The second-order valence-corrected chi connectivity index (χ2v) is 12.1. The van der Waals surface area contributed by atoms with Gasteiger partial charge in [-0.1, -0.05) is 18.5 Å². The van der Waals surface area contributed by atoms with Crippen molar-refractivity contribution in [2.45, 2.75) is 62.7 Å². The molecule has 0 radical (unpaired) electrons. The molecule has 1 unspecified atom stereocenters. The summed E-state index contributed by atoms with van der Waals surface area (Å²) in [4.78, 5) is 19.9. The molecule has 17 heteroatoms. The van der Waals surface area contributed by atoms with Gasteiger partial charge >= 0.3 is 18.4 Å². The quantitative estimate of drug-likeness (QED) is 0.331. The molecule has 0 saturated carbocycles. The van der Waals surface area contributed by atoms with Crippen LogP contribution >= 0.6 is 11.6 Å². The maximum Gasteiger partial charge on any atom is 0.420 e. The number of fused-ring (bicyclic) bond motifs is 2. The molecular formula is C28H30ClF7N8O. The fourth-order valence-electron chi connectivity index (χ4n) is 6.72. The van der Waals surface area contributed by atoms with E-state index in [1.807, 2.05) is 11.8 Å². The highest BCUT2D eigenvalue weighted by Crippen LogP contribution is 2.47. The molecule has 3 aliphatic heterocycles. The molecule has 0 spiro atoms. The van der Waals surface area contributed by atoms with E-state index in [4.69, 9.17) is 22.1 Å². The van der Waals surface area contributed by atoms with Crippen molar-refractivity contribution in [3.8, 4) is 17.4 Å². The lowest BCUT2D eigenvalue weighted by atomic mass is 9.95. The first-order valence-electron chi connectivity index (χ1n) is 14.5. The van der Waals surface area contributed by atoms with Crippen LogP contribution in [0.3, 0.4) is 0 Å². The van der Waals surface area contributed by atoms with Gasteiger partial charge in [0.05, 0.1) is 21.5 Å². The van der Waals surface area contributed by atoms with Gasteiger partial charge in [0, 0.05) is 44.8 Å². The zero-order valence-electron chi connectivity index (χ0n) is 24.1. The number of hydrogen-bond acceptors (Lipinski definition) is 9. The molecule has 3 N–H and O–H groups in total. The Morgan fingerprint density at radius 1 is 1.07 bits per heavy atom. The van der Waals surface area contributed by atoms with Crippen LogP contribution in [-0.4, -0.2) is 81.9 Å². The zero-order valence-corrected chi connectivity index (χ0v) is 24.8. The molecule has 3 fully saturated rings. The number of rotatable bonds is 6. The largest absolute Gasteiger partial charge is 0.461 e. The van der Waals surface area contributed by atoms with Crippen LogP contribution in [0.2, 0.25) is 5.02 Å². The Hall–Kier alpha value is -3.24. The van der Waals surface area contributed by atoms with Crippen LogP contribution < -0.4 is 20.7 Å². The third-order valence-corrected chi connectivity index (χ3v) is 9.06. The van der Waals surface area contributed by atoms with E-state index in [2.05, 4.69) is 25.3 Å². The molecule has 3 atom stereocenters. The molecule has 244 valence electrons. The number of piperazine rings is 1. The number of aromatic nitrogens is 4. The number of pyridine rings is 2. The highest BCUT2D eigenvalue weighted by atomic mass is 35.5. The van der Waals surface area contributed by atoms with Gasteiger partial charge in [-0.25, -0.2) is 9.37 Å². The summed E-state index contributed by atoms with van der Waals surface area (Å²) in [6.07, 6.45) is -8.14. The Morgan fingerprint density at radius 3 is 2.53 bits per heavy atom. The van der Waals surface area contributed by atoms with Crippen molar-refractivity contribution in [3.05, 3.63) is 28.4 Å². The first kappa shape index (κ1) is 31.7. The summed E-state index contributed by atoms with van der Waals surface area (Å²) >= 11 is 5.85. The van der Waals surface area contributed by atoms with Gasteiger partial charge in [-0.3, -0.25) is 9.88 Å². The smallest absolute Gasteiger partial charge is 0.420 e. The summed E-state index contributed by atoms with van der Waals surface area (Å²) in [6, 6.07) is 0.297. The van der Waals surface area contributed by atoms with Crippen LogP contribution in [0.5, 0.6) is 6.01 Å². The molecule has 3 saturated heterocycles. The first-order chi connectivity index (χ1) is 21.2. The Balaban J connectivity index is 1.56. The van der Waals surface area contributed by atoms with Gasteiger partial charge in [0.25, 0.3) is 0 Å². The third-order valence-electron chi connectivity index (χ3n) is 8.76. The van der Waals surface area contributed by atoms with Crippen LogP contribution in [0.4, 0.5) is 42.4 Å². The van der Waals surface area contributed by atoms with Crippen LogP contribution in [-0.2, 0) is 12.4 Å². The molecule has 0 aliphatic carbocycles. The Morgan fingerprint density at radius 2 is 1.82 bits per heavy atom. The van der Waals surface area contributed by atoms with Crippen molar-refractivity contribution in [2.24, 2.45) is 0 Å². The third kappa shape index (κ3) is 5.91. The van der Waals surface area contributed by atoms with Crippen molar-refractivity contribution in [3.63, 3.8) is 0 Å². The number of anilines is 2. The minimum Gasteiger partial charge on any atom is -0.461 e.